The van der Waals surface area contributed by atoms with Crippen LogP contribution in [-0.4, -0.2) is 43.3 Å². The summed E-state index contributed by atoms with van der Waals surface area (Å²) in [7, 11) is -4.04. The minimum absolute atomic E-state index is 0. The van der Waals surface area contributed by atoms with Crippen LogP contribution < -0.4 is 5.32 Å². The van der Waals surface area contributed by atoms with Crippen LogP contribution in [0.4, 0.5) is 5.69 Å². The molecule has 1 heterocycles. The summed E-state index contributed by atoms with van der Waals surface area (Å²) in [5.41, 5.74) is -0.479. The van der Waals surface area contributed by atoms with Gasteiger partial charge in [0.05, 0.1) is 9.95 Å². The Hall–Kier alpha value is -0.930. The van der Waals surface area contributed by atoms with Crippen molar-refractivity contribution >= 4 is 39.7 Å². The van der Waals surface area contributed by atoms with E-state index in [0.29, 0.717) is 25.8 Å². The van der Waals surface area contributed by atoms with Gasteiger partial charge in [-0.1, -0.05) is 24.6 Å². The molecule has 1 N–H and O–H groups in total. The minimum atomic E-state index is -4.04. The van der Waals surface area contributed by atoms with Crippen molar-refractivity contribution in [2.24, 2.45) is 0 Å². The van der Waals surface area contributed by atoms with Gasteiger partial charge in [-0.15, -0.1) is 12.4 Å². The first-order valence-electron chi connectivity index (χ1n) is 7.55. The quantitative estimate of drug-likeness (QED) is 0.588. The second-order valence-corrected chi connectivity index (χ2v) is 7.68. The van der Waals surface area contributed by atoms with Crippen LogP contribution in [0.1, 0.15) is 26.2 Å². The average molecular weight is 398 g/mol. The second kappa shape index (κ2) is 8.96. The first-order chi connectivity index (χ1) is 10.9. The molecule has 0 radical (unpaired) electrons. The fourth-order valence-corrected chi connectivity index (χ4v) is 5.27. The number of nitro groups is 1. The third-order valence-electron chi connectivity index (χ3n) is 3.87. The van der Waals surface area contributed by atoms with Crippen LogP contribution in [0, 0.1) is 10.1 Å². The molecule has 2 rings (SSSR count). The normalized spacial score (nSPS) is 16.0. The van der Waals surface area contributed by atoms with E-state index in [9.17, 15) is 18.5 Å². The van der Waals surface area contributed by atoms with E-state index in [-0.39, 0.29) is 23.5 Å². The van der Waals surface area contributed by atoms with Crippen molar-refractivity contribution < 1.29 is 13.3 Å². The first kappa shape index (κ1) is 21.1. The van der Waals surface area contributed by atoms with Crippen molar-refractivity contribution in [3.63, 3.8) is 0 Å². The van der Waals surface area contributed by atoms with Gasteiger partial charge in [-0.3, -0.25) is 10.1 Å². The fourth-order valence-electron chi connectivity index (χ4n) is 2.83. The molecule has 10 heteroatoms. The van der Waals surface area contributed by atoms with Crippen molar-refractivity contribution in [2.75, 3.05) is 19.6 Å². The predicted octanol–water partition coefficient (Wildman–Crippen LogP) is 2.82. The molecule has 1 aromatic carbocycles. The molecule has 24 heavy (non-hydrogen) atoms. The molecule has 1 fully saturated rings. The van der Waals surface area contributed by atoms with Gasteiger partial charge in [0.1, 0.15) is 0 Å². The summed E-state index contributed by atoms with van der Waals surface area (Å²) in [6.45, 7) is 3.65. The summed E-state index contributed by atoms with van der Waals surface area (Å²) in [6, 6.07) is 3.75. The largest absolute Gasteiger partial charge is 0.317 e. The van der Waals surface area contributed by atoms with Crippen LogP contribution in [0.3, 0.4) is 0 Å². The number of sulfonamides is 1. The zero-order valence-corrected chi connectivity index (χ0v) is 15.7. The Morgan fingerprint density at radius 2 is 2.00 bits per heavy atom. The van der Waals surface area contributed by atoms with Crippen molar-refractivity contribution in [1.29, 1.82) is 0 Å². The molecular weight excluding hydrogens is 377 g/mol. The zero-order valence-electron chi connectivity index (χ0n) is 13.3. The van der Waals surface area contributed by atoms with Gasteiger partial charge in [0.25, 0.3) is 15.7 Å². The molecule has 0 saturated carbocycles. The van der Waals surface area contributed by atoms with E-state index in [1.807, 2.05) is 6.92 Å². The lowest BCUT2D eigenvalue weighted by atomic mass is 10.1. The summed E-state index contributed by atoms with van der Waals surface area (Å²) in [5, 5.41) is 14.3. The summed E-state index contributed by atoms with van der Waals surface area (Å²) >= 11 is 6.02. The number of hydrogen-bond acceptors (Lipinski definition) is 5. The number of benzene rings is 1. The Bertz CT molecular complexity index is 679. The topological polar surface area (TPSA) is 92.6 Å². The standard InChI is InChI=1S/C14H20ClN3O4S.ClH/c1-2-10-17(11-6-8-16-9-7-11)23(21,22)14-12(15)4-3-5-13(14)18(19)20;/h3-5,11,16H,2,6-10H2,1H3;1H. The van der Waals surface area contributed by atoms with E-state index in [2.05, 4.69) is 5.32 Å². The van der Waals surface area contributed by atoms with E-state index in [4.69, 9.17) is 11.6 Å². The lowest BCUT2D eigenvalue weighted by molar-refractivity contribution is -0.387. The molecule has 0 aliphatic carbocycles. The molecule has 0 atom stereocenters. The molecular formula is C14H21Cl2N3O4S. The molecule has 1 aromatic rings. The Kier molecular flexibility index (Phi) is 7.88. The van der Waals surface area contributed by atoms with Gasteiger partial charge in [-0.05, 0) is 38.4 Å². The van der Waals surface area contributed by atoms with Crippen LogP contribution in [0.15, 0.2) is 23.1 Å². The van der Waals surface area contributed by atoms with Gasteiger partial charge >= 0.3 is 0 Å². The van der Waals surface area contributed by atoms with Gasteiger partial charge in [0.2, 0.25) is 0 Å². The highest BCUT2D eigenvalue weighted by Gasteiger charge is 2.37. The van der Waals surface area contributed by atoms with Crippen molar-refractivity contribution in [1.82, 2.24) is 9.62 Å². The number of nitrogens with zero attached hydrogens (tertiary/aromatic N) is 2. The van der Waals surface area contributed by atoms with Crippen molar-refractivity contribution in [2.45, 2.75) is 37.1 Å². The summed E-state index contributed by atoms with van der Waals surface area (Å²) in [6.07, 6.45) is 1.98. The highest BCUT2D eigenvalue weighted by atomic mass is 35.5. The number of rotatable bonds is 6. The number of hydrogen-bond donors (Lipinski definition) is 1. The molecule has 1 aliphatic rings. The van der Waals surface area contributed by atoms with E-state index >= 15 is 0 Å². The molecule has 0 spiro atoms. The van der Waals surface area contributed by atoms with Crippen LogP contribution in [-0.2, 0) is 10.0 Å². The Labute approximate surface area is 153 Å². The molecule has 1 saturated heterocycles. The van der Waals surface area contributed by atoms with Crippen LogP contribution in [0.25, 0.3) is 0 Å². The van der Waals surface area contributed by atoms with Gasteiger partial charge in [0.15, 0.2) is 4.90 Å². The van der Waals surface area contributed by atoms with E-state index in [1.165, 1.54) is 22.5 Å². The van der Waals surface area contributed by atoms with Crippen LogP contribution >= 0.6 is 24.0 Å². The van der Waals surface area contributed by atoms with E-state index < -0.39 is 25.5 Å². The highest BCUT2D eigenvalue weighted by Crippen LogP contribution is 2.34. The summed E-state index contributed by atoms with van der Waals surface area (Å²) in [4.78, 5) is 10.1. The molecule has 0 bridgehead atoms. The lowest BCUT2D eigenvalue weighted by Gasteiger charge is -2.33. The SMILES string of the molecule is CCCN(C1CCNCC1)S(=O)(=O)c1c(Cl)cccc1[N+](=O)[O-].Cl. The van der Waals surface area contributed by atoms with Gasteiger partial charge in [0, 0.05) is 18.7 Å². The Morgan fingerprint density at radius 3 is 2.54 bits per heavy atom. The van der Waals surface area contributed by atoms with E-state index in [0.717, 1.165) is 13.1 Å². The molecule has 0 amide bonds. The molecule has 136 valence electrons. The van der Waals surface area contributed by atoms with Gasteiger partial charge in [-0.25, -0.2) is 8.42 Å². The molecule has 7 nitrogen and oxygen atoms in total. The summed E-state index contributed by atoms with van der Waals surface area (Å²) < 4.78 is 27.5. The Balaban J connectivity index is 0.00000288. The first-order valence-corrected chi connectivity index (χ1v) is 9.36. The van der Waals surface area contributed by atoms with Crippen molar-refractivity contribution in [3.8, 4) is 0 Å². The predicted molar refractivity (Wildman–Crippen MR) is 95.4 cm³/mol. The van der Waals surface area contributed by atoms with Crippen molar-refractivity contribution in [3.05, 3.63) is 33.3 Å². The molecule has 0 aromatic heterocycles. The highest BCUT2D eigenvalue weighted by molar-refractivity contribution is 7.89. The second-order valence-electron chi connectivity index (χ2n) is 5.44. The third-order valence-corrected chi connectivity index (χ3v) is 6.34. The average Bonchev–Trinajstić information content (AvgIpc) is 2.52. The van der Waals surface area contributed by atoms with Gasteiger partial charge < -0.3 is 5.32 Å². The monoisotopic (exact) mass is 397 g/mol. The smallest absolute Gasteiger partial charge is 0.290 e. The third kappa shape index (κ3) is 4.37. The maximum atomic E-state index is 13.1. The van der Waals surface area contributed by atoms with Gasteiger partial charge in [-0.2, -0.15) is 4.31 Å². The Morgan fingerprint density at radius 1 is 1.38 bits per heavy atom. The maximum absolute atomic E-state index is 13.1. The molecule has 1 aliphatic heterocycles. The van der Waals surface area contributed by atoms with E-state index in [1.54, 1.807) is 0 Å². The number of halogens is 2. The number of nitrogens with one attached hydrogen (secondary N) is 1. The fraction of sp³-hybridized carbons (Fsp3) is 0.571. The minimum Gasteiger partial charge on any atom is -0.317 e. The maximum Gasteiger partial charge on any atom is 0.290 e. The van der Waals surface area contributed by atoms with Crippen LogP contribution in [0.2, 0.25) is 5.02 Å². The lowest BCUT2D eigenvalue weighted by Crippen LogP contribution is -2.46. The molecule has 0 unspecified atom stereocenters. The van der Waals surface area contributed by atoms with Crippen LogP contribution in [0.5, 0.6) is 0 Å². The number of piperidine rings is 1. The zero-order chi connectivity index (χ0) is 17.0. The number of nitro benzene ring substituents is 1. The summed E-state index contributed by atoms with van der Waals surface area (Å²) in [5.74, 6) is 0.